The van der Waals surface area contributed by atoms with Gasteiger partial charge in [0.25, 0.3) is 0 Å². The molecule has 0 aliphatic carbocycles. The number of hydrogen-bond acceptors (Lipinski definition) is 3. The van der Waals surface area contributed by atoms with Crippen molar-refractivity contribution in [3.63, 3.8) is 0 Å². The van der Waals surface area contributed by atoms with Gasteiger partial charge in [0.2, 0.25) is 0 Å². The summed E-state index contributed by atoms with van der Waals surface area (Å²) in [4.78, 5) is 13.9. The first-order valence-electron chi connectivity index (χ1n) is 6.10. The molecule has 0 N–H and O–H groups in total. The Bertz CT molecular complexity index is 249. The van der Waals surface area contributed by atoms with E-state index in [1.54, 1.807) is 0 Å². The molecule has 90 valence electrons. The minimum Gasteiger partial charge on any atom is -0.466 e. The number of piperidine rings is 1. The zero-order chi connectivity index (χ0) is 11.8. The van der Waals surface area contributed by atoms with Crippen molar-refractivity contribution < 1.29 is 9.53 Å². The van der Waals surface area contributed by atoms with E-state index in [0.29, 0.717) is 6.61 Å². The largest absolute Gasteiger partial charge is 0.466 e. The lowest BCUT2D eigenvalue weighted by Gasteiger charge is -2.30. The number of carbonyl (C=O) groups excluding carboxylic acids is 1. The molecule has 1 saturated heterocycles. The van der Waals surface area contributed by atoms with Gasteiger partial charge in [-0.1, -0.05) is 0 Å². The first-order chi connectivity index (χ1) is 7.77. The molecule has 0 aromatic rings. The van der Waals surface area contributed by atoms with Gasteiger partial charge in [0.1, 0.15) is 0 Å². The highest BCUT2D eigenvalue weighted by molar-refractivity contribution is 5.72. The van der Waals surface area contributed by atoms with Crippen molar-refractivity contribution in [2.24, 2.45) is 5.92 Å². The Labute approximate surface area is 98.1 Å². The van der Waals surface area contributed by atoms with Crippen molar-refractivity contribution in [2.45, 2.75) is 32.6 Å². The molecule has 0 aromatic heterocycles. The van der Waals surface area contributed by atoms with Crippen LogP contribution in [0.2, 0.25) is 0 Å². The third kappa shape index (κ3) is 4.24. The number of rotatable bonds is 5. The van der Waals surface area contributed by atoms with Gasteiger partial charge in [-0.3, -0.25) is 4.79 Å². The minimum atomic E-state index is -0.0224. The molecule has 0 amide bonds. The van der Waals surface area contributed by atoms with Gasteiger partial charge in [-0.05, 0) is 45.8 Å². The number of nitrogens with zero attached hydrogens (tertiary/aromatic N) is 1. The van der Waals surface area contributed by atoms with Crippen molar-refractivity contribution >= 4 is 5.97 Å². The molecule has 0 unspecified atom stereocenters. The first kappa shape index (κ1) is 13.1. The maximum Gasteiger partial charge on any atom is 0.309 e. The summed E-state index contributed by atoms with van der Waals surface area (Å²) in [6.07, 6.45) is 8.96. The van der Waals surface area contributed by atoms with Crippen LogP contribution in [0, 0.1) is 18.3 Å². The summed E-state index contributed by atoms with van der Waals surface area (Å²) >= 11 is 0. The summed E-state index contributed by atoms with van der Waals surface area (Å²) < 4.78 is 5.03. The van der Waals surface area contributed by atoms with E-state index in [4.69, 9.17) is 11.2 Å². The fourth-order valence-corrected chi connectivity index (χ4v) is 2.06. The summed E-state index contributed by atoms with van der Waals surface area (Å²) in [7, 11) is 0. The van der Waals surface area contributed by atoms with Crippen LogP contribution in [0.4, 0.5) is 0 Å². The number of hydrogen-bond donors (Lipinski definition) is 0. The van der Waals surface area contributed by atoms with Crippen LogP contribution >= 0.6 is 0 Å². The predicted octanol–water partition coefficient (Wildman–Crippen LogP) is 1.67. The Morgan fingerprint density at radius 1 is 1.50 bits per heavy atom. The molecule has 16 heavy (non-hydrogen) atoms. The van der Waals surface area contributed by atoms with E-state index in [-0.39, 0.29) is 11.9 Å². The molecule has 1 aliphatic rings. The molecule has 1 heterocycles. The average molecular weight is 223 g/mol. The van der Waals surface area contributed by atoms with Crippen LogP contribution in [0.15, 0.2) is 0 Å². The van der Waals surface area contributed by atoms with Crippen molar-refractivity contribution in [1.29, 1.82) is 0 Å². The molecule has 0 bridgehead atoms. The molecule has 0 aromatic carbocycles. The molecule has 1 aliphatic heterocycles. The van der Waals surface area contributed by atoms with Gasteiger partial charge in [0, 0.05) is 6.42 Å². The average Bonchev–Trinajstić information content (AvgIpc) is 2.30. The fraction of sp³-hybridized carbons (Fsp3) is 0.769. The molecule has 3 heteroatoms. The van der Waals surface area contributed by atoms with Crippen molar-refractivity contribution in [2.75, 3.05) is 26.2 Å². The lowest BCUT2D eigenvalue weighted by Crippen LogP contribution is -2.37. The smallest absolute Gasteiger partial charge is 0.309 e. The topological polar surface area (TPSA) is 29.5 Å². The Hall–Kier alpha value is -1.01. The highest BCUT2D eigenvalue weighted by Gasteiger charge is 2.25. The van der Waals surface area contributed by atoms with Gasteiger partial charge < -0.3 is 9.64 Å². The fourth-order valence-electron chi connectivity index (χ4n) is 2.06. The Kier molecular flexibility index (Phi) is 5.95. The Balaban J connectivity index is 2.18. The quantitative estimate of drug-likeness (QED) is 0.403. The van der Waals surface area contributed by atoms with Crippen molar-refractivity contribution in [3.8, 4) is 12.3 Å². The lowest BCUT2D eigenvalue weighted by atomic mass is 9.97. The molecule has 1 rings (SSSR count). The third-order valence-electron chi connectivity index (χ3n) is 3.00. The van der Waals surface area contributed by atoms with Crippen LogP contribution in [0.3, 0.4) is 0 Å². The van der Waals surface area contributed by atoms with E-state index in [1.807, 2.05) is 6.92 Å². The van der Waals surface area contributed by atoms with E-state index >= 15 is 0 Å². The normalized spacial score (nSPS) is 18.0. The van der Waals surface area contributed by atoms with Gasteiger partial charge in [-0.15, -0.1) is 12.3 Å². The molecule has 0 saturated carbocycles. The van der Waals surface area contributed by atoms with Crippen molar-refractivity contribution in [3.05, 3.63) is 0 Å². The third-order valence-corrected chi connectivity index (χ3v) is 3.00. The van der Waals surface area contributed by atoms with Gasteiger partial charge in [-0.2, -0.15) is 0 Å². The highest BCUT2D eigenvalue weighted by Crippen LogP contribution is 2.18. The zero-order valence-electron chi connectivity index (χ0n) is 10.1. The van der Waals surface area contributed by atoms with Crippen molar-refractivity contribution in [1.82, 2.24) is 4.90 Å². The number of carbonyl (C=O) groups is 1. The SMILES string of the molecule is C#CCCCN1CCC(C(=O)OCC)CC1. The highest BCUT2D eigenvalue weighted by atomic mass is 16.5. The zero-order valence-corrected chi connectivity index (χ0v) is 10.1. The standard InChI is InChI=1S/C13H21NO2/c1-3-5-6-9-14-10-7-12(8-11-14)13(15)16-4-2/h1,12H,4-11H2,2H3. The van der Waals surface area contributed by atoms with Gasteiger partial charge >= 0.3 is 5.97 Å². The van der Waals surface area contributed by atoms with Crippen LogP contribution in [-0.2, 0) is 9.53 Å². The minimum absolute atomic E-state index is 0.0224. The summed E-state index contributed by atoms with van der Waals surface area (Å²) in [6.45, 7) is 5.38. The molecule has 0 spiro atoms. The number of unbranched alkanes of at least 4 members (excludes halogenated alkanes) is 1. The predicted molar refractivity (Wildman–Crippen MR) is 63.9 cm³/mol. The van der Waals surface area contributed by atoms with Gasteiger partial charge in [0.15, 0.2) is 0 Å². The van der Waals surface area contributed by atoms with E-state index in [0.717, 1.165) is 45.3 Å². The van der Waals surface area contributed by atoms with Gasteiger partial charge in [0.05, 0.1) is 12.5 Å². The molecule has 0 atom stereocenters. The monoisotopic (exact) mass is 223 g/mol. The van der Waals surface area contributed by atoms with E-state index < -0.39 is 0 Å². The summed E-state index contributed by atoms with van der Waals surface area (Å²) in [5.74, 6) is 2.74. The second-order valence-electron chi connectivity index (χ2n) is 4.18. The van der Waals surface area contributed by atoms with E-state index in [1.165, 1.54) is 0 Å². The van der Waals surface area contributed by atoms with Crippen LogP contribution in [0.5, 0.6) is 0 Å². The maximum absolute atomic E-state index is 11.5. The van der Waals surface area contributed by atoms with E-state index in [2.05, 4.69) is 10.8 Å². The maximum atomic E-state index is 11.5. The second kappa shape index (κ2) is 7.29. The lowest BCUT2D eigenvalue weighted by molar-refractivity contribution is -0.149. The molecule has 0 radical (unpaired) electrons. The number of ether oxygens (including phenoxy) is 1. The van der Waals surface area contributed by atoms with Crippen LogP contribution in [0.25, 0.3) is 0 Å². The molecular formula is C13H21NO2. The van der Waals surface area contributed by atoms with Crippen LogP contribution in [0.1, 0.15) is 32.6 Å². The number of esters is 1. The summed E-state index contributed by atoms with van der Waals surface area (Å²) in [6, 6.07) is 0. The van der Waals surface area contributed by atoms with E-state index in [9.17, 15) is 4.79 Å². The number of likely N-dealkylation sites (tertiary alicyclic amines) is 1. The Morgan fingerprint density at radius 3 is 2.75 bits per heavy atom. The summed E-state index contributed by atoms with van der Waals surface area (Å²) in [5.41, 5.74) is 0. The molecule has 1 fully saturated rings. The first-order valence-corrected chi connectivity index (χ1v) is 6.10. The number of terminal acetylenes is 1. The molecular weight excluding hydrogens is 202 g/mol. The van der Waals surface area contributed by atoms with Crippen LogP contribution < -0.4 is 0 Å². The van der Waals surface area contributed by atoms with Crippen LogP contribution in [-0.4, -0.2) is 37.1 Å². The second-order valence-corrected chi connectivity index (χ2v) is 4.18. The Morgan fingerprint density at radius 2 is 2.19 bits per heavy atom. The van der Waals surface area contributed by atoms with Gasteiger partial charge in [-0.25, -0.2) is 0 Å². The summed E-state index contributed by atoms with van der Waals surface area (Å²) in [5, 5.41) is 0. The molecule has 3 nitrogen and oxygen atoms in total.